The van der Waals surface area contributed by atoms with Gasteiger partial charge in [0.2, 0.25) is 5.91 Å². The van der Waals surface area contributed by atoms with Crippen molar-refractivity contribution < 1.29 is 14.3 Å². The number of likely N-dealkylation sites (tertiary alicyclic amines) is 1. The van der Waals surface area contributed by atoms with E-state index < -0.39 is 5.60 Å². The van der Waals surface area contributed by atoms with E-state index in [2.05, 4.69) is 10.2 Å². The number of hydrogen-bond acceptors (Lipinski definition) is 5. The van der Waals surface area contributed by atoms with Gasteiger partial charge in [0.15, 0.2) is 0 Å². The highest BCUT2D eigenvalue weighted by atomic mass is 35.5. The molecule has 164 valence electrons. The minimum Gasteiger partial charge on any atom is -0.368 e. The van der Waals surface area contributed by atoms with Crippen LogP contribution in [0.25, 0.3) is 0 Å². The van der Waals surface area contributed by atoms with Crippen molar-refractivity contribution in [2.75, 3.05) is 66.0 Å². The fraction of sp³-hybridized carbons (Fsp3) is 0.895. The van der Waals surface area contributed by atoms with Crippen molar-refractivity contribution in [1.82, 2.24) is 20.0 Å². The number of nitrogens with one attached hydrogen (secondary N) is 1. The van der Waals surface area contributed by atoms with Crippen LogP contribution in [0, 0.1) is 0 Å². The van der Waals surface area contributed by atoms with Gasteiger partial charge < -0.3 is 19.9 Å². The van der Waals surface area contributed by atoms with E-state index in [9.17, 15) is 9.59 Å². The van der Waals surface area contributed by atoms with Gasteiger partial charge in [-0.25, -0.2) is 0 Å². The molecule has 0 aromatic rings. The SMILES string of the molecule is COC1(C(=O)N2CCN(CC(=O)N3CCCCCC3)CC2)CCNCC1.Cl.Cl. The van der Waals surface area contributed by atoms with Crippen LogP contribution in [0.2, 0.25) is 0 Å². The number of piperazine rings is 1. The third-order valence-electron chi connectivity index (χ3n) is 6.17. The molecule has 28 heavy (non-hydrogen) atoms. The number of piperidine rings is 1. The average Bonchev–Trinajstić information content (AvgIpc) is 2.98. The first-order chi connectivity index (χ1) is 12.6. The lowest BCUT2D eigenvalue weighted by Gasteiger charge is -2.42. The number of carbonyl (C=O) groups is 2. The lowest BCUT2D eigenvalue weighted by Crippen LogP contribution is -2.59. The van der Waals surface area contributed by atoms with Crippen LogP contribution in [0.3, 0.4) is 0 Å². The Morgan fingerprint density at radius 1 is 0.857 bits per heavy atom. The average molecular weight is 439 g/mol. The molecule has 3 rings (SSSR count). The summed E-state index contributed by atoms with van der Waals surface area (Å²) >= 11 is 0. The van der Waals surface area contributed by atoms with Crippen LogP contribution < -0.4 is 5.32 Å². The summed E-state index contributed by atoms with van der Waals surface area (Å²) in [6, 6.07) is 0. The Morgan fingerprint density at radius 2 is 1.43 bits per heavy atom. The van der Waals surface area contributed by atoms with Gasteiger partial charge in [0, 0.05) is 46.4 Å². The minimum atomic E-state index is -0.657. The quantitative estimate of drug-likeness (QED) is 0.712. The molecule has 9 heteroatoms. The smallest absolute Gasteiger partial charge is 0.254 e. The predicted octanol–water partition coefficient (Wildman–Crippen LogP) is 1.15. The topological polar surface area (TPSA) is 65.1 Å². The van der Waals surface area contributed by atoms with Crippen LogP contribution in [0.4, 0.5) is 0 Å². The summed E-state index contributed by atoms with van der Waals surface area (Å²) < 4.78 is 5.67. The number of carbonyl (C=O) groups excluding carboxylic acids is 2. The molecule has 7 nitrogen and oxygen atoms in total. The zero-order chi connectivity index (χ0) is 18.4. The van der Waals surface area contributed by atoms with Gasteiger partial charge in [0.05, 0.1) is 6.54 Å². The second-order valence-electron chi connectivity index (χ2n) is 7.81. The molecule has 0 spiro atoms. The van der Waals surface area contributed by atoms with Crippen LogP contribution in [-0.4, -0.2) is 98.1 Å². The normalized spacial score (nSPS) is 23.2. The van der Waals surface area contributed by atoms with E-state index >= 15 is 0 Å². The van der Waals surface area contributed by atoms with Gasteiger partial charge in [-0.3, -0.25) is 14.5 Å². The van der Waals surface area contributed by atoms with Gasteiger partial charge in [-0.15, -0.1) is 24.8 Å². The molecule has 0 aliphatic carbocycles. The largest absolute Gasteiger partial charge is 0.368 e. The van der Waals surface area contributed by atoms with Crippen molar-refractivity contribution in [3.05, 3.63) is 0 Å². The zero-order valence-corrected chi connectivity index (χ0v) is 18.6. The van der Waals surface area contributed by atoms with E-state index in [0.717, 1.165) is 65.0 Å². The Hall–Kier alpha value is -0.600. The number of nitrogens with zero attached hydrogens (tertiary/aromatic N) is 3. The third kappa shape index (κ3) is 6.20. The van der Waals surface area contributed by atoms with Gasteiger partial charge in [-0.1, -0.05) is 12.8 Å². The van der Waals surface area contributed by atoms with E-state index in [0.29, 0.717) is 19.6 Å². The highest BCUT2D eigenvalue weighted by Gasteiger charge is 2.43. The molecule has 0 aromatic carbocycles. The summed E-state index contributed by atoms with van der Waals surface area (Å²) in [7, 11) is 1.65. The Kier molecular flexibility index (Phi) is 11.1. The molecule has 3 fully saturated rings. The summed E-state index contributed by atoms with van der Waals surface area (Å²) in [6.45, 7) is 6.85. The number of methoxy groups -OCH3 is 1. The Labute approximate surface area is 181 Å². The van der Waals surface area contributed by atoms with Gasteiger partial charge in [0.25, 0.3) is 5.91 Å². The van der Waals surface area contributed by atoms with Crippen LogP contribution >= 0.6 is 24.8 Å². The summed E-state index contributed by atoms with van der Waals surface area (Å²) in [5.74, 6) is 0.374. The Bertz CT molecular complexity index is 488. The maximum Gasteiger partial charge on any atom is 0.254 e. The van der Waals surface area contributed by atoms with Crippen molar-refractivity contribution in [2.24, 2.45) is 0 Å². The molecule has 0 radical (unpaired) electrons. The second-order valence-corrected chi connectivity index (χ2v) is 7.81. The second kappa shape index (κ2) is 12.2. The maximum absolute atomic E-state index is 13.0. The van der Waals surface area contributed by atoms with Crippen molar-refractivity contribution >= 4 is 36.6 Å². The first-order valence-electron chi connectivity index (χ1n) is 10.2. The van der Waals surface area contributed by atoms with Crippen LogP contribution in [0.1, 0.15) is 38.5 Å². The highest BCUT2D eigenvalue weighted by Crippen LogP contribution is 2.25. The van der Waals surface area contributed by atoms with Crippen molar-refractivity contribution in [3.63, 3.8) is 0 Å². The molecule has 0 bridgehead atoms. The zero-order valence-electron chi connectivity index (χ0n) is 17.0. The first kappa shape index (κ1) is 25.4. The summed E-state index contributed by atoms with van der Waals surface area (Å²) in [5.41, 5.74) is -0.657. The molecule has 3 heterocycles. The predicted molar refractivity (Wildman–Crippen MR) is 114 cm³/mol. The molecule has 0 aromatic heterocycles. The van der Waals surface area contributed by atoms with E-state index in [1.54, 1.807) is 7.11 Å². The minimum absolute atomic E-state index is 0. The van der Waals surface area contributed by atoms with Gasteiger partial charge >= 0.3 is 0 Å². The van der Waals surface area contributed by atoms with E-state index in [-0.39, 0.29) is 36.6 Å². The molecular formula is C19H36Cl2N4O3. The van der Waals surface area contributed by atoms with Crippen LogP contribution in [0.5, 0.6) is 0 Å². The number of amides is 2. The highest BCUT2D eigenvalue weighted by molar-refractivity contribution is 5.86. The molecule has 2 amide bonds. The standard InChI is InChI=1S/C19H34N4O3.2ClH/c1-26-19(6-8-20-9-7-19)18(25)23-14-12-21(13-15-23)16-17(24)22-10-4-2-3-5-11-22;;/h20H,2-16H2,1H3;2*1H. The summed E-state index contributed by atoms with van der Waals surface area (Å²) in [6.07, 6.45) is 6.19. The van der Waals surface area contributed by atoms with Gasteiger partial charge in [0.1, 0.15) is 5.60 Å². The monoisotopic (exact) mass is 438 g/mol. The van der Waals surface area contributed by atoms with E-state index in [4.69, 9.17) is 4.74 Å². The molecular weight excluding hydrogens is 403 g/mol. The summed E-state index contributed by atoms with van der Waals surface area (Å²) in [5, 5.41) is 3.29. The maximum atomic E-state index is 13.0. The third-order valence-corrected chi connectivity index (χ3v) is 6.17. The lowest BCUT2D eigenvalue weighted by molar-refractivity contribution is -0.160. The van der Waals surface area contributed by atoms with Gasteiger partial charge in [-0.05, 0) is 38.8 Å². The van der Waals surface area contributed by atoms with Gasteiger partial charge in [-0.2, -0.15) is 0 Å². The van der Waals surface area contributed by atoms with Crippen LogP contribution in [-0.2, 0) is 14.3 Å². The first-order valence-corrected chi connectivity index (χ1v) is 10.2. The fourth-order valence-electron chi connectivity index (χ4n) is 4.34. The van der Waals surface area contributed by atoms with Crippen molar-refractivity contribution in [1.29, 1.82) is 0 Å². The molecule has 3 saturated heterocycles. The lowest BCUT2D eigenvalue weighted by atomic mass is 9.90. The van der Waals surface area contributed by atoms with Crippen molar-refractivity contribution in [3.8, 4) is 0 Å². The summed E-state index contributed by atoms with van der Waals surface area (Å²) in [4.78, 5) is 31.7. The number of hydrogen-bond donors (Lipinski definition) is 1. The van der Waals surface area contributed by atoms with E-state index in [1.165, 1.54) is 12.8 Å². The molecule has 0 unspecified atom stereocenters. The number of halogens is 2. The Morgan fingerprint density at radius 3 is 1.96 bits per heavy atom. The number of rotatable bonds is 4. The van der Waals surface area contributed by atoms with E-state index in [1.807, 2.05) is 9.80 Å². The Balaban J connectivity index is 0.00000196. The molecule has 1 N–H and O–H groups in total. The molecule has 3 aliphatic rings. The fourth-order valence-corrected chi connectivity index (χ4v) is 4.34. The molecule has 0 atom stereocenters. The van der Waals surface area contributed by atoms with Crippen LogP contribution in [0.15, 0.2) is 0 Å². The number of ether oxygens (including phenoxy) is 1. The van der Waals surface area contributed by atoms with Crippen molar-refractivity contribution in [2.45, 2.75) is 44.1 Å². The molecule has 3 aliphatic heterocycles. The molecule has 0 saturated carbocycles.